The fourth-order valence-corrected chi connectivity index (χ4v) is 2.26. The van der Waals surface area contributed by atoms with Crippen molar-refractivity contribution in [2.45, 2.75) is 13.8 Å². The van der Waals surface area contributed by atoms with Crippen LogP contribution in [0.5, 0.6) is 0 Å². The summed E-state index contributed by atoms with van der Waals surface area (Å²) in [7, 11) is -0.0782. The van der Waals surface area contributed by atoms with Crippen molar-refractivity contribution < 1.29 is 0 Å². The van der Waals surface area contributed by atoms with Gasteiger partial charge in [0.1, 0.15) is 0 Å². The van der Waals surface area contributed by atoms with E-state index in [1.54, 1.807) is 0 Å². The van der Waals surface area contributed by atoms with E-state index in [0.717, 1.165) is 10.7 Å². The first-order valence-corrected chi connectivity index (χ1v) is 6.17. The molecule has 0 aliphatic rings. The number of hydrogen-bond donors (Lipinski definition) is 1. The summed E-state index contributed by atoms with van der Waals surface area (Å²) in [6.07, 6.45) is 2.02. The van der Waals surface area contributed by atoms with Crippen molar-refractivity contribution in [1.29, 1.82) is 0 Å². The van der Waals surface area contributed by atoms with Crippen molar-refractivity contribution in [3.05, 3.63) is 28.3 Å². The Hall–Kier alpha value is -0.470. The van der Waals surface area contributed by atoms with Gasteiger partial charge in [-0.3, -0.25) is 0 Å². The Morgan fingerprint density at radius 1 is 1.38 bits per heavy atom. The van der Waals surface area contributed by atoms with E-state index in [1.807, 2.05) is 26.2 Å². The largest absolute Gasteiger partial charge is 0.335 e. The van der Waals surface area contributed by atoms with Gasteiger partial charge in [-0.05, 0) is 37.3 Å². The van der Waals surface area contributed by atoms with Crippen molar-refractivity contribution in [2.75, 3.05) is 11.0 Å². The van der Waals surface area contributed by atoms with Gasteiger partial charge < -0.3 is 4.72 Å². The Morgan fingerprint density at radius 2 is 2.00 bits per heavy atom. The molecule has 0 aliphatic heterocycles. The summed E-state index contributed by atoms with van der Waals surface area (Å²) in [5, 5.41) is 0.778. The zero-order valence-electron chi connectivity index (χ0n) is 8.15. The van der Waals surface area contributed by atoms with Gasteiger partial charge in [-0.2, -0.15) is 0 Å². The molecule has 1 rings (SSSR count). The standard InChI is InChI=1S/C10H14ClNS/c1-7-5-8(2)10(9(11)6-7)12-13(3)4/h5-6,12H,3H2,1-2,4H3. The van der Waals surface area contributed by atoms with Crippen molar-refractivity contribution >= 4 is 33.8 Å². The van der Waals surface area contributed by atoms with Gasteiger partial charge in [0.25, 0.3) is 0 Å². The van der Waals surface area contributed by atoms with Crippen LogP contribution >= 0.6 is 22.3 Å². The Morgan fingerprint density at radius 3 is 2.46 bits per heavy atom. The number of hydrogen-bond acceptors (Lipinski definition) is 1. The zero-order valence-corrected chi connectivity index (χ0v) is 9.72. The number of aryl methyl sites for hydroxylation is 2. The lowest BCUT2D eigenvalue weighted by Crippen LogP contribution is -1.93. The first kappa shape index (κ1) is 10.6. The fourth-order valence-electron chi connectivity index (χ4n) is 1.22. The summed E-state index contributed by atoms with van der Waals surface area (Å²) < 4.78 is 3.25. The Kier molecular flexibility index (Phi) is 3.40. The number of benzene rings is 1. The molecule has 72 valence electrons. The molecular formula is C10H14ClNS. The third-order valence-corrected chi connectivity index (χ3v) is 2.56. The monoisotopic (exact) mass is 215 g/mol. The number of halogens is 1. The Bertz CT molecular complexity index is 324. The second kappa shape index (κ2) is 4.16. The number of nitrogens with one attached hydrogen (secondary N) is 1. The maximum absolute atomic E-state index is 6.09. The van der Waals surface area contributed by atoms with Gasteiger partial charge in [-0.25, -0.2) is 0 Å². The molecule has 0 spiro atoms. The summed E-state index contributed by atoms with van der Waals surface area (Å²) in [4.78, 5) is 0. The highest BCUT2D eigenvalue weighted by molar-refractivity contribution is 8.14. The van der Waals surface area contributed by atoms with Crippen LogP contribution in [0.2, 0.25) is 5.02 Å². The lowest BCUT2D eigenvalue weighted by molar-refractivity contribution is 1.39. The second-order valence-electron chi connectivity index (χ2n) is 3.18. The molecule has 0 aromatic heterocycles. The van der Waals surface area contributed by atoms with Crippen molar-refractivity contribution in [1.82, 2.24) is 0 Å². The van der Waals surface area contributed by atoms with E-state index < -0.39 is 0 Å². The predicted octanol–water partition coefficient (Wildman–Crippen LogP) is 3.61. The minimum atomic E-state index is -0.0782. The van der Waals surface area contributed by atoms with Gasteiger partial charge in [0.15, 0.2) is 0 Å². The van der Waals surface area contributed by atoms with Gasteiger partial charge in [-0.1, -0.05) is 23.5 Å². The van der Waals surface area contributed by atoms with Gasteiger partial charge >= 0.3 is 0 Å². The predicted molar refractivity (Wildman–Crippen MR) is 65.2 cm³/mol. The summed E-state index contributed by atoms with van der Waals surface area (Å²) in [5.74, 6) is 3.90. The molecule has 1 N–H and O–H groups in total. The molecule has 0 heterocycles. The quantitative estimate of drug-likeness (QED) is 0.744. The molecule has 0 saturated carbocycles. The van der Waals surface area contributed by atoms with E-state index >= 15 is 0 Å². The van der Waals surface area contributed by atoms with Crippen LogP contribution in [-0.2, 0) is 0 Å². The molecule has 1 atom stereocenters. The van der Waals surface area contributed by atoms with E-state index in [1.165, 1.54) is 11.1 Å². The summed E-state index contributed by atoms with van der Waals surface area (Å²) in [6, 6.07) is 4.07. The summed E-state index contributed by atoms with van der Waals surface area (Å²) in [6.45, 7) is 4.09. The van der Waals surface area contributed by atoms with E-state index in [2.05, 4.69) is 16.7 Å². The topological polar surface area (TPSA) is 12.0 Å². The molecule has 1 aromatic rings. The highest BCUT2D eigenvalue weighted by Gasteiger charge is 2.03. The average Bonchev–Trinajstić information content (AvgIpc) is 1.96. The van der Waals surface area contributed by atoms with Crippen molar-refractivity contribution in [3.63, 3.8) is 0 Å². The van der Waals surface area contributed by atoms with E-state index in [-0.39, 0.29) is 10.7 Å². The Labute approximate surface area is 87.2 Å². The third kappa shape index (κ3) is 2.75. The highest BCUT2D eigenvalue weighted by Crippen LogP contribution is 2.29. The molecule has 1 unspecified atom stereocenters. The molecule has 3 heteroatoms. The first-order chi connectivity index (χ1) is 6.00. The van der Waals surface area contributed by atoms with Crippen LogP contribution in [0, 0.1) is 13.8 Å². The van der Waals surface area contributed by atoms with Crippen LogP contribution in [0.3, 0.4) is 0 Å². The van der Waals surface area contributed by atoms with Gasteiger partial charge in [0.2, 0.25) is 0 Å². The molecule has 13 heavy (non-hydrogen) atoms. The zero-order chi connectivity index (χ0) is 10.0. The first-order valence-electron chi connectivity index (χ1n) is 3.99. The van der Waals surface area contributed by atoms with Crippen LogP contribution < -0.4 is 4.72 Å². The SMILES string of the molecule is C=S(C)Nc1c(C)cc(C)cc1Cl. The summed E-state index contributed by atoms with van der Waals surface area (Å²) >= 11 is 6.09. The van der Waals surface area contributed by atoms with Crippen molar-refractivity contribution in [2.24, 2.45) is 0 Å². The number of rotatable bonds is 2. The van der Waals surface area contributed by atoms with Crippen LogP contribution in [0.1, 0.15) is 11.1 Å². The van der Waals surface area contributed by atoms with E-state index in [9.17, 15) is 0 Å². The smallest absolute Gasteiger partial charge is 0.0654 e. The molecule has 1 nitrogen and oxygen atoms in total. The molecular weight excluding hydrogens is 202 g/mol. The lowest BCUT2D eigenvalue weighted by atomic mass is 10.1. The average molecular weight is 216 g/mol. The lowest BCUT2D eigenvalue weighted by Gasteiger charge is -2.12. The van der Waals surface area contributed by atoms with E-state index in [0.29, 0.717) is 0 Å². The summed E-state index contributed by atoms with van der Waals surface area (Å²) in [5.41, 5.74) is 3.37. The van der Waals surface area contributed by atoms with Crippen LogP contribution in [0.15, 0.2) is 12.1 Å². The van der Waals surface area contributed by atoms with Crippen LogP contribution in [0.4, 0.5) is 5.69 Å². The molecule has 0 radical (unpaired) electrons. The Balaban J connectivity index is 3.13. The second-order valence-corrected chi connectivity index (χ2v) is 5.06. The maximum atomic E-state index is 6.09. The molecule has 0 aliphatic carbocycles. The van der Waals surface area contributed by atoms with Crippen LogP contribution in [-0.4, -0.2) is 12.1 Å². The van der Waals surface area contributed by atoms with Crippen molar-refractivity contribution in [3.8, 4) is 0 Å². The fraction of sp³-hybridized carbons (Fsp3) is 0.300. The molecule has 1 aromatic carbocycles. The van der Waals surface area contributed by atoms with E-state index in [4.69, 9.17) is 11.6 Å². The maximum Gasteiger partial charge on any atom is 0.0654 e. The number of anilines is 1. The molecule has 0 saturated heterocycles. The molecule has 0 fully saturated rings. The minimum absolute atomic E-state index is 0.0782. The van der Waals surface area contributed by atoms with Gasteiger partial charge in [0.05, 0.1) is 10.7 Å². The molecule has 0 amide bonds. The third-order valence-electron chi connectivity index (χ3n) is 1.71. The minimum Gasteiger partial charge on any atom is -0.335 e. The highest BCUT2D eigenvalue weighted by atomic mass is 35.5. The van der Waals surface area contributed by atoms with Gasteiger partial charge in [0, 0.05) is 0 Å². The van der Waals surface area contributed by atoms with Crippen LogP contribution in [0.25, 0.3) is 0 Å². The normalized spacial score (nSPS) is 12.6. The van der Waals surface area contributed by atoms with Gasteiger partial charge in [-0.15, -0.1) is 10.7 Å². The molecule has 0 bridgehead atoms.